The first-order chi connectivity index (χ1) is 6.45. The largest absolute Gasteiger partial charge is 0.131 e. The Labute approximate surface area is 74.6 Å². The van der Waals surface area contributed by atoms with Gasteiger partial charge in [-0.2, -0.15) is 0 Å². The number of aromatic nitrogens is 4. The fourth-order valence-corrected chi connectivity index (χ4v) is 1.66. The van der Waals surface area contributed by atoms with Crippen LogP contribution in [0.1, 0.15) is 11.3 Å². The van der Waals surface area contributed by atoms with Crippen LogP contribution in [0.3, 0.4) is 0 Å². The topological polar surface area (TPSA) is 51.6 Å². The lowest BCUT2D eigenvalue weighted by Crippen LogP contribution is -1.96. The number of rotatable bonds is 0. The van der Waals surface area contributed by atoms with Gasteiger partial charge in [0.1, 0.15) is 5.69 Å². The Kier molecular flexibility index (Phi) is 1.19. The summed E-state index contributed by atoms with van der Waals surface area (Å²) in [4.78, 5) is 0. The summed E-state index contributed by atoms with van der Waals surface area (Å²) in [6.45, 7) is 0. The molecule has 0 spiro atoms. The molecule has 0 saturated carbocycles. The monoisotopic (exact) mass is 170 g/mol. The highest BCUT2D eigenvalue weighted by Gasteiger charge is 2.20. The minimum absolute atomic E-state index is 0.827. The normalized spacial score (nSPS) is 12.3. The second kappa shape index (κ2) is 2.32. The van der Waals surface area contributed by atoms with Crippen LogP contribution in [0.5, 0.6) is 0 Å². The van der Waals surface area contributed by atoms with Crippen LogP contribution in [-0.4, -0.2) is 20.6 Å². The average Bonchev–Trinajstić information content (AvgIpc) is 2.56. The maximum absolute atomic E-state index is 3.98. The zero-order chi connectivity index (χ0) is 8.67. The number of hydrogen-bond donors (Lipinski definition) is 0. The Morgan fingerprint density at radius 3 is 2.85 bits per heavy atom. The van der Waals surface area contributed by atoms with E-state index < -0.39 is 0 Å². The van der Waals surface area contributed by atoms with Gasteiger partial charge in [0.2, 0.25) is 0 Å². The summed E-state index contributed by atoms with van der Waals surface area (Å²) in [7, 11) is 0. The molecule has 3 rings (SSSR count). The van der Waals surface area contributed by atoms with Crippen LogP contribution in [0.4, 0.5) is 0 Å². The van der Waals surface area contributed by atoms with E-state index in [-0.39, 0.29) is 0 Å². The van der Waals surface area contributed by atoms with Gasteiger partial charge in [0, 0.05) is 12.0 Å². The van der Waals surface area contributed by atoms with Crippen molar-refractivity contribution in [3.63, 3.8) is 0 Å². The second-order valence-electron chi connectivity index (χ2n) is 3.01. The average molecular weight is 170 g/mol. The van der Waals surface area contributed by atoms with Crippen LogP contribution < -0.4 is 0 Å². The van der Waals surface area contributed by atoms with E-state index in [1.54, 1.807) is 0 Å². The van der Waals surface area contributed by atoms with Crippen molar-refractivity contribution < 1.29 is 0 Å². The quantitative estimate of drug-likeness (QED) is 0.501. The summed E-state index contributed by atoms with van der Waals surface area (Å²) in [5.41, 5.74) is 4.20. The predicted molar refractivity (Wildman–Crippen MR) is 45.9 cm³/mol. The van der Waals surface area contributed by atoms with Crippen molar-refractivity contribution in [1.29, 1.82) is 0 Å². The van der Waals surface area contributed by atoms with Crippen LogP contribution in [0.25, 0.3) is 11.3 Å². The summed E-state index contributed by atoms with van der Waals surface area (Å²) in [5, 5.41) is 15.0. The van der Waals surface area contributed by atoms with Crippen molar-refractivity contribution >= 4 is 0 Å². The van der Waals surface area contributed by atoms with E-state index in [0.717, 1.165) is 23.4 Å². The molecule has 4 heteroatoms. The van der Waals surface area contributed by atoms with Gasteiger partial charge in [0.15, 0.2) is 0 Å². The maximum atomic E-state index is 3.98. The zero-order valence-electron chi connectivity index (χ0n) is 6.81. The third-order valence-electron chi connectivity index (χ3n) is 2.25. The summed E-state index contributed by atoms with van der Waals surface area (Å²) in [6, 6.07) is 8.14. The van der Waals surface area contributed by atoms with E-state index >= 15 is 0 Å². The number of nitrogens with zero attached hydrogens (tertiary/aromatic N) is 4. The van der Waals surface area contributed by atoms with Gasteiger partial charge in [0.05, 0.1) is 5.69 Å². The Morgan fingerprint density at radius 2 is 1.85 bits per heavy atom. The molecule has 2 aromatic rings. The van der Waals surface area contributed by atoms with Gasteiger partial charge >= 0.3 is 0 Å². The third-order valence-corrected chi connectivity index (χ3v) is 2.25. The number of fused-ring (bicyclic) bond motifs is 3. The number of hydrogen-bond acceptors (Lipinski definition) is 4. The van der Waals surface area contributed by atoms with Gasteiger partial charge in [-0.05, 0) is 16.0 Å². The molecule has 1 aliphatic carbocycles. The zero-order valence-corrected chi connectivity index (χ0v) is 6.81. The Morgan fingerprint density at radius 1 is 1.00 bits per heavy atom. The first-order valence-electron chi connectivity index (χ1n) is 4.08. The van der Waals surface area contributed by atoms with Crippen LogP contribution in [0.2, 0.25) is 0 Å². The summed E-state index contributed by atoms with van der Waals surface area (Å²) >= 11 is 0. The minimum atomic E-state index is 0.827. The van der Waals surface area contributed by atoms with Gasteiger partial charge in [-0.25, -0.2) is 0 Å². The molecule has 0 atom stereocenters. The molecular formula is C9H6N4. The molecule has 0 radical (unpaired) electrons. The Hall–Kier alpha value is -1.84. The maximum Gasteiger partial charge on any atom is 0.119 e. The highest BCUT2D eigenvalue weighted by molar-refractivity contribution is 5.71. The molecule has 1 aromatic heterocycles. The van der Waals surface area contributed by atoms with Crippen molar-refractivity contribution in [3.05, 3.63) is 35.5 Å². The van der Waals surface area contributed by atoms with Gasteiger partial charge in [-0.15, -0.1) is 10.2 Å². The van der Waals surface area contributed by atoms with Gasteiger partial charge < -0.3 is 0 Å². The molecule has 0 N–H and O–H groups in total. The lowest BCUT2D eigenvalue weighted by molar-refractivity contribution is 0.746. The molecule has 1 aromatic carbocycles. The van der Waals surface area contributed by atoms with E-state index in [2.05, 4.69) is 26.7 Å². The van der Waals surface area contributed by atoms with Crippen LogP contribution >= 0.6 is 0 Å². The molecular weight excluding hydrogens is 164 g/mol. The van der Waals surface area contributed by atoms with Gasteiger partial charge in [0.25, 0.3) is 0 Å². The second-order valence-corrected chi connectivity index (χ2v) is 3.01. The van der Waals surface area contributed by atoms with E-state index in [1.165, 1.54) is 5.56 Å². The van der Waals surface area contributed by atoms with Crippen molar-refractivity contribution in [3.8, 4) is 11.3 Å². The fraction of sp³-hybridized carbons (Fsp3) is 0.111. The number of benzene rings is 1. The van der Waals surface area contributed by atoms with E-state index in [1.807, 2.05) is 18.2 Å². The van der Waals surface area contributed by atoms with E-state index in [4.69, 9.17) is 0 Å². The summed E-state index contributed by atoms with van der Waals surface area (Å²) < 4.78 is 0. The molecule has 0 fully saturated rings. The molecule has 4 nitrogen and oxygen atoms in total. The standard InChI is InChI=1S/C9H6N4/c1-2-4-7-6(3-1)5-8-9(7)11-13-12-10-8/h1-4H,5H2. The molecule has 0 aliphatic heterocycles. The SMILES string of the molecule is c1ccc2c(c1)Cc1nnnnc1-2. The molecule has 1 aliphatic rings. The Balaban J connectivity index is 2.32. The van der Waals surface area contributed by atoms with Crippen molar-refractivity contribution in [1.82, 2.24) is 20.6 Å². The molecule has 0 saturated heterocycles. The molecule has 62 valence electrons. The van der Waals surface area contributed by atoms with Gasteiger partial charge in [-0.1, -0.05) is 24.3 Å². The van der Waals surface area contributed by atoms with Crippen LogP contribution in [-0.2, 0) is 6.42 Å². The molecule has 0 amide bonds. The fourth-order valence-electron chi connectivity index (χ4n) is 1.66. The summed E-state index contributed by atoms with van der Waals surface area (Å²) in [6.07, 6.45) is 0.827. The molecule has 0 unspecified atom stereocenters. The lowest BCUT2D eigenvalue weighted by atomic mass is 10.1. The van der Waals surface area contributed by atoms with E-state index in [0.29, 0.717) is 0 Å². The molecule has 1 heterocycles. The van der Waals surface area contributed by atoms with Crippen LogP contribution in [0, 0.1) is 0 Å². The van der Waals surface area contributed by atoms with E-state index in [9.17, 15) is 0 Å². The smallest absolute Gasteiger partial charge is 0.119 e. The third kappa shape index (κ3) is 0.853. The minimum Gasteiger partial charge on any atom is -0.131 e. The first kappa shape index (κ1) is 6.65. The van der Waals surface area contributed by atoms with Crippen molar-refractivity contribution in [2.45, 2.75) is 6.42 Å². The summed E-state index contributed by atoms with van der Waals surface area (Å²) in [5.74, 6) is 0. The van der Waals surface area contributed by atoms with Crippen molar-refractivity contribution in [2.75, 3.05) is 0 Å². The van der Waals surface area contributed by atoms with Gasteiger partial charge in [-0.3, -0.25) is 0 Å². The predicted octanol–water partition coefficient (Wildman–Crippen LogP) is 0.838. The highest BCUT2D eigenvalue weighted by atomic mass is 15.4. The first-order valence-corrected chi connectivity index (χ1v) is 4.08. The Bertz CT molecular complexity index is 423. The highest BCUT2D eigenvalue weighted by Crippen LogP contribution is 2.31. The molecule has 0 bridgehead atoms. The molecule has 13 heavy (non-hydrogen) atoms. The van der Waals surface area contributed by atoms with Crippen LogP contribution in [0.15, 0.2) is 24.3 Å². The lowest BCUT2D eigenvalue weighted by Gasteiger charge is -1.94. The van der Waals surface area contributed by atoms with Crippen molar-refractivity contribution in [2.24, 2.45) is 0 Å².